The van der Waals surface area contributed by atoms with Gasteiger partial charge in [-0.05, 0) is 36.5 Å². The summed E-state index contributed by atoms with van der Waals surface area (Å²) in [6.45, 7) is 0. The Morgan fingerprint density at radius 3 is 2.68 bits per heavy atom. The highest BCUT2D eigenvalue weighted by Gasteiger charge is 2.00. The topological polar surface area (TPSA) is 63.3 Å². The lowest BCUT2D eigenvalue weighted by atomic mass is 10.1. The Morgan fingerprint density at radius 2 is 2.00 bits per heavy atom. The predicted octanol–water partition coefficient (Wildman–Crippen LogP) is 2.57. The van der Waals surface area contributed by atoms with Crippen LogP contribution >= 0.6 is 23.8 Å². The largest absolute Gasteiger partial charge is 0.375 e. The average molecular weight is 291 g/mol. The van der Waals surface area contributed by atoms with Crippen molar-refractivity contribution >= 4 is 35.1 Å². The van der Waals surface area contributed by atoms with Gasteiger partial charge in [0.2, 0.25) is 0 Å². The maximum atomic E-state index is 5.85. The fourth-order valence-electron chi connectivity index (χ4n) is 1.47. The number of halogens is 1. The molecule has 6 heteroatoms. The first-order chi connectivity index (χ1) is 9.15. The van der Waals surface area contributed by atoms with Gasteiger partial charge in [0.05, 0.1) is 17.6 Å². The van der Waals surface area contributed by atoms with E-state index in [2.05, 4.69) is 27.7 Å². The maximum Gasteiger partial charge on any atom is 0.184 e. The minimum atomic E-state index is 0.116. The van der Waals surface area contributed by atoms with E-state index in [1.165, 1.54) is 0 Å². The molecule has 2 aromatic rings. The van der Waals surface area contributed by atoms with Crippen LogP contribution in [0.1, 0.15) is 5.69 Å². The van der Waals surface area contributed by atoms with Crippen molar-refractivity contribution in [1.82, 2.24) is 10.4 Å². The highest BCUT2D eigenvalue weighted by Crippen LogP contribution is 2.19. The van der Waals surface area contributed by atoms with Gasteiger partial charge in [0.1, 0.15) is 0 Å². The van der Waals surface area contributed by atoms with Crippen LogP contribution in [0, 0.1) is 0 Å². The van der Waals surface area contributed by atoms with Crippen molar-refractivity contribution in [1.29, 1.82) is 0 Å². The number of nitrogens with one attached hydrogen (secondary N) is 1. The van der Waals surface area contributed by atoms with E-state index >= 15 is 0 Å². The fourth-order valence-corrected chi connectivity index (χ4v) is 1.65. The van der Waals surface area contributed by atoms with Crippen molar-refractivity contribution in [3.63, 3.8) is 0 Å². The van der Waals surface area contributed by atoms with Crippen LogP contribution in [0.5, 0.6) is 0 Å². The minimum absolute atomic E-state index is 0.116. The van der Waals surface area contributed by atoms with Gasteiger partial charge in [-0.2, -0.15) is 5.10 Å². The summed E-state index contributed by atoms with van der Waals surface area (Å²) in [5.74, 6) is 0. The molecule has 0 aliphatic rings. The van der Waals surface area contributed by atoms with Crippen LogP contribution in [0.15, 0.2) is 47.6 Å². The second-order valence-corrected chi connectivity index (χ2v) is 4.57. The smallest absolute Gasteiger partial charge is 0.184 e. The second-order valence-electron chi connectivity index (χ2n) is 3.69. The molecule has 1 aromatic carbocycles. The Bertz CT molecular complexity index is 610. The van der Waals surface area contributed by atoms with E-state index in [4.69, 9.17) is 17.3 Å². The number of nitrogens with zero attached hydrogens (tertiary/aromatic N) is 2. The summed E-state index contributed by atoms with van der Waals surface area (Å²) in [4.78, 5) is 4.45. The molecule has 2 rings (SSSR count). The zero-order valence-corrected chi connectivity index (χ0v) is 11.4. The Labute approximate surface area is 121 Å². The van der Waals surface area contributed by atoms with Gasteiger partial charge in [-0.1, -0.05) is 29.8 Å². The summed E-state index contributed by atoms with van der Waals surface area (Å²) >= 11 is 10.5. The molecular weight excluding hydrogens is 280 g/mol. The molecule has 0 spiro atoms. The number of benzene rings is 1. The molecule has 0 aliphatic heterocycles. The SMILES string of the molecule is NC(=S)NN=Cc1cccc(-c2ccc(Cl)cc2)n1. The molecule has 3 N–H and O–H groups in total. The van der Waals surface area contributed by atoms with Crippen molar-refractivity contribution in [3.05, 3.63) is 53.2 Å². The average Bonchev–Trinajstić information content (AvgIpc) is 2.39. The molecule has 1 heterocycles. The standard InChI is InChI=1S/C13H11ClN4S/c14-10-6-4-9(5-7-10)12-3-1-2-11(17-12)8-16-18-13(15)19/h1-8H,(H3,15,18,19). The summed E-state index contributed by atoms with van der Waals surface area (Å²) < 4.78 is 0. The summed E-state index contributed by atoms with van der Waals surface area (Å²) in [5.41, 5.74) is 10.3. The Balaban J connectivity index is 2.21. The zero-order chi connectivity index (χ0) is 13.7. The van der Waals surface area contributed by atoms with Crippen LogP contribution in [0.2, 0.25) is 5.02 Å². The lowest BCUT2D eigenvalue weighted by Crippen LogP contribution is -2.24. The van der Waals surface area contributed by atoms with Crippen LogP contribution in [0.25, 0.3) is 11.3 Å². The Hall–Kier alpha value is -1.98. The molecular formula is C13H11ClN4S. The molecule has 0 radical (unpaired) electrons. The maximum absolute atomic E-state index is 5.85. The number of nitrogens with two attached hydrogens (primary N) is 1. The van der Waals surface area contributed by atoms with Gasteiger partial charge in [0.25, 0.3) is 0 Å². The highest BCUT2D eigenvalue weighted by molar-refractivity contribution is 7.80. The fraction of sp³-hybridized carbons (Fsp3) is 0. The molecule has 0 amide bonds. The van der Waals surface area contributed by atoms with E-state index in [-0.39, 0.29) is 5.11 Å². The van der Waals surface area contributed by atoms with Crippen LogP contribution in [0.3, 0.4) is 0 Å². The van der Waals surface area contributed by atoms with Crippen molar-refractivity contribution < 1.29 is 0 Å². The number of rotatable bonds is 3. The molecule has 0 aliphatic carbocycles. The number of hydrogen-bond acceptors (Lipinski definition) is 3. The summed E-state index contributed by atoms with van der Waals surface area (Å²) in [6.07, 6.45) is 1.55. The predicted molar refractivity (Wildman–Crippen MR) is 82.2 cm³/mol. The van der Waals surface area contributed by atoms with E-state index in [1.807, 2.05) is 42.5 Å². The number of pyridine rings is 1. The summed E-state index contributed by atoms with van der Waals surface area (Å²) in [5, 5.41) is 4.68. The summed E-state index contributed by atoms with van der Waals surface area (Å²) in [6, 6.07) is 13.1. The van der Waals surface area contributed by atoms with Crippen LogP contribution < -0.4 is 11.2 Å². The van der Waals surface area contributed by atoms with Gasteiger partial charge < -0.3 is 5.73 Å². The van der Waals surface area contributed by atoms with Gasteiger partial charge in [-0.25, -0.2) is 4.98 Å². The minimum Gasteiger partial charge on any atom is -0.375 e. The van der Waals surface area contributed by atoms with Crippen molar-refractivity contribution in [2.24, 2.45) is 10.8 Å². The normalized spacial score (nSPS) is 10.6. The number of thiocarbonyl (C=S) groups is 1. The molecule has 0 atom stereocenters. The summed E-state index contributed by atoms with van der Waals surface area (Å²) in [7, 11) is 0. The number of hydrogen-bond donors (Lipinski definition) is 2. The van der Waals surface area contributed by atoms with Crippen LogP contribution in [-0.2, 0) is 0 Å². The molecule has 0 bridgehead atoms. The molecule has 0 saturated carbocycles. The van der Waals surface area contributed by atoms with E-state index in [0.29, 0.717) is 10.7 Å². The molecule has 0 fully saturated rings. The van der Waals surface area contributed by atoms with E-state index < -0.39 is 0 Å². The number of hydrazone groups is 1. The molecule has 0 unspecified atom stereocenters. The lowest BCUT2D eigenvalue weighted by molar-refractivity contribution is 1.04. The molecule has 4 nitrogen and oxygen atoms in total. The van der Waals surface area contributed by atoms with Crippen molar-refractivity contribution in [3.8, 4) is 11.3 Å². The van der Waals surface area contributed by atoms with Crippen molar-refractivity contribution in [2.75, 3.05) is 0 Å². The quantitative estimate of drug-likeness (QED) is 0.518. The van der Waals surface area contributed by atoms with Gasteiger partial charge >= 0.3 is 0 Å². The van der Waals surface area contributed by atoms with Gasteiger partial charge in [-0.15, -0.1) is 0 Å². The first-order valence-corrected chi connectivity index (χ1v) is 6.25. The van der Waals surface area contributed by atoms with Crippen LogP contribution in [0.4, 0.5) is 0 Å². The zero-order valence-electron chi connectivity index (χ0n) is 9.88. The van der Waals surface area contributed by atoms with Crippen molar-refractivity contribution in [2.45, 2.75) is 0 Å². The third kappa shape index (κ3) is 4.01. The first-order valence-electron chi connectivity index (χ1n) is 5.46. The number of aromatic nitrogens is 1. The van der Waals surface area contributed by atoms with E-state index in [9.17, 15) is 0 Å². The van der Waals surface area contributed by atoms with Crippen LogP contribution in [-0.4, -0.2) is 16.3 Å². The molecule has 1 aromatic heterocycles. The third-order valence-corrected chi connectivity index (χ3v) is 2.63. The molecule has 19 heavy (non-hydrogen) atoms. The third-order valence-electron chi connectivity index (χ3n) is 2.28. The van der Waals surface area contributed by atoms with Gasteiger partial charge in [0, 0.05) is 10.6 Å². The lowest BCUT2D eigenvalue weighted by Gasteiger charge is -2.02. The van der Waals surface area contributed by atoms with E-state index in [0.717, 1.165) is 11.3 Å². The van der Waals surface area contributed by atoms with Gasteiger partial charge in [0.15, 0.2) is 5.11 Å². The Kier molecular flexibility index (Phi) is 4.43. The first kappa shape index (κ1) is 13.5. The van der Waals surface area contributed by atoms with E-state index in [1.54, 1.807) is 6.21 Å². The second kappa shape index (κ2) is 6.26. The monoisotopic (exact) mass is 290 g/mol. The molecule has 96 valence electrons. The Morgan fingerprint density at radius 1 is 1.26 bits per heavy atom. The highest BCUT2D eigenvalue weighted by atomic mass is 35.5. The van der Waals surface area contributed by atoms with Gasteiger partial charge in [-0.3, -0.25) is 5.43 Å². The molecule has 0 saturated heterocycles.